The number of aromatic amines is 1. The molecule has 90 heavy (non-hydrogen) atoms. The molecule has 1 fully saturated rings. The maximum Gasteiger partial charge on any atom is 0.323 e. The second-order valence-electron chi connectivity index (χ2n) is 21.3. The number of aromatic nitrogens is 3. The Hall–Kier alpha value is -7.72. The zero-order valence-corrected chi connectivity index (χ0v) is 54.5. The predicted molar refractivity (Wildman–Crippen MR) is 323 cm³/mol. The number of benzene rings is 2. The summed E-state index contributed by atoms with van der Waals surface area (Å²) < 4.78 is 36.9. The molecule has 489 valence electrons. The predicted octanol–water partition coefficient (Wildman–Crippen LogP) is -1.23. The summed E-state index contributed by atoms with van der Waals surface area (Å²) in [5, 5.41) is 52.6. The Kier molecular flexibility index (Phi) is 30.6. The number of aliphatic hydroxyl groups excluding tert-OH is 1. The number of anilines is 1. The molecule has 2 aromatic carbocycles. The largest absolute Gasteiger partial charge is 0.512 e. The van der Waals surface area contributed by atoms with Gasteiger partial charge in [0.05, 0.1) is 49.0 Å². The van der Waals surface area contributed by atoms with Gasteiger partial charge in [0.25, 0.3) is 5.91 Å². The summed E-state index contributed by atoms with van der Waals surface area (Å²) in [5.74, 6) is -6.13. The van der Waals surface area contributed by atoms with Gasteiger partial charge >= 0.3 is 17.9 Å². The number of imide groups is 1. The minimum atomic E-state index is -4.52. The average Bonchev–Trinajstić information content (AvgIpc) is 2.07. The van der Waals surface area contributed by atoms with Crippen molar-refractivity contribution < 1.29 is 109 Å². The maximum absolute atomic E-state index is 13.7. The normalized spacial score (nSPS) is 14.5. The molecule has 6 amide bonds. The van der Waals surface area contributed by atoms with Crippen molar-refractivity contribution in [2.24, 2.45) is 7.05 Å². The van der Waals surface area contributed by atoms with Crippen molar-refractivity contribution in [3.63, 3.8) is 0 Å². The van der Waals surface area contributed by atoms with Crippen LogP contribution < -0.4 is 41.5 Å². The molecule has 4 aromatic rings. The van der Waals surface area contributed by atoms with Gasteiger partial charge in [-0.3, -0.25) is 72.4 Å². The summed E-state index contributed by atoms with van der Waals surface area (Å²) in [6.07, 6.45) is 4.94. The molecule has 2 aromatic heterocycles. The molecule has 33 heteroatoms. The summed E-state index contributed by atoms with van der Waals surface area (Å²) in [4.78, 5) is 141. The fraction of sp³-hybridized carbons (Fsp3) is 0.491. The SMILES string of the molecule is C=C(O)CN1CCN(CC(=O)O)CCN(CC(=O)N(C=O)CCC(=O)NC(CC)C(=O)NCCNC(=O)CCCOc2cc(C)c(S(=O)(=O)NC(CNC(=O)c3cn(C)c4cc(CNc5ncc[nH]5)ccc4c3=O)C(=O)O)c(C)c2)CCN(CC(=O)O)CC1.[Y]. The van der Waals surface area contributed by atoms with Crippen molar-refractivity contribution in [2.45, 2.75) is 70.0 Å². The van der Waals surface area contributed by atoms with Crippen LogP contribution in [0.15, 0.2) is 71.0 Å². The van der Waals surface area contributed by atoms with Crippen LogP contribution in [0.4, 0.5) is 5.95 Å². The molecule has 2 unspecified atom stereocenters. The third kappa shape index (κ3) is 24.2. The fourth-order valence-corrected chi connectivity index (χ4v) is 11.4. The number of aryl methyl sites for hydroxylation is 3. The van der Waals surface area contributed by atoms with E-state index in [1.54, 1.807) is 63.8 Å². The number of nitrogens with zero attached hydrogens (tertiary/aromatic N) is 7. The molecule has 31 nitrogen and oxygen atoms in total. The molecular formula is C57H80N14O17SY. The number of carbonyl (C=O) groups excluding carboxylic acids is 6. The molecule has 1 saturated heterocycles. The van der Waals surface area contributed by atoms with Gasteiger partial charge in [0.1, 0.15) is 23.4 Å². The van der Waals surface area contributed by atoms with Crippen LogP contribution in [0.1, 0.15) is 59.7 Å². The van der Waals surface area contributed by atoms with Gasteiger partial charge in [-0.25, -0.2) is 13.4 Å². The number of pyridine rings is 1. The van der Waals surface area contributed by atoms with Crippen LogP contribution in [0.25, 0.3) is 10.9 Å². The van der Waals surface area contributed by atoms with E-state index < -0.39 is 75.6 Å². The molecule has 0 saturated carbocycles. The second kappa shape index (κ2) is 36.8. The Morgan fingerprint density at radius 2 is 1.39 bits per heavy atom. The minimum absolute atomic E-state index is 0. The van der Waals surface area contributed by atoms with E-state index in [2.05, 4.69) is 47.9 Å². The van der Waals surface area contributed by atoms with Crippen molar-refractivity contribution in [1.82, 2.24) is 65.0 Å². The van der Waals surface area contributed by atoms with E-state index in [-0.39, 0.29) is 201 Å². The fourth-order valence-electron chi connectivity index (χ4n) is 9.71. The van der Waals surface area contributed by atoms with Crippen LogP contribution in [-0.2, 0) is 94.7 Å². The Bertz CT molecular complexity index is 3300. The molecule has 1 radical (unpaired) electrons. The van der Waals surface area contributed by atoms with Crippen LogP contribution in [0, 0.1) is 13.8 Å². The van der Waals surface area contributed by atoms with Crippen molar-refractivity contribution in [1.29, 1.82) is 0 Å². The number of aliphatic hydroxyl groups is 1. The molecule has 2 atom stereocenters. The van der Waals surface area contributed by atoms with E-state index in [4.69, 9.17) is 4.74 Å². The van der Waals surface area contributed by atoms with Crippen LogP contribution >= 0.6 is 0 Å². The molecular weight excluding hydrogens is 1270 g/mol. The smallest absolute Gasteiger partial charge is 0.323 e. The van der Waals surface area contributed by atoms with Gasteiger partial charge in [0, 0.05) is 162 Å². The molecule has 0 aliphatic carbocycles. The molecule has 3 heterocycles. The van der Waals surface area contributed by atoms with Crippen LogP contribution in [0.2, 0.25) is 0 Å². The number of carboxylic acids is 3. The number of amides is 6. The van der Waals surface area contributed by atoms with Crippen molar-refractivity contribution >= 4 is 80.7 Å². The number of carboxylic acid groups (broad SMARTS) is 3. The Morgan fingerprint density at radius 1 is 0.800 bits per heavy atom. The van der Waals surface area contributed by atoms with Gasteiger partial charge in [-0.05, 0) is 67.6 Å². The summed E-state index contributed by atoms with van der Waals surface area (Å²) >= 11 is 0. The van der Waals surface area contributed by atoms with Gasteiger partial charge in [0.15, 0.2) is 5.95 Å². The van der Waals surface area contributed by atoms with Crippen molar-refractivity contribution in [2.75, 3.05) is 117 Å². The summed E-state index contributed by atoms with van der Waals surface area (Å²) in [7, 11) is -2.88. The Balaban J connectivity index is 0.0000173. The van der Waals surface area contributed by atoms with Crippen LogP contribution in [0.3, 0.4) is 0 Å². The zero-order chi connectivity index (χ0) is 65.4. The molecule has 0 bridgehead atoms. The Labute approximate surface area is 545 Å². The van der Waals surface area contributed by atoms with Gasteiger partial charge in [-0.15, -0.1) is 0 Å². The van der Waals surface area contributed by atoms with E-state index in [1.807, 2.05) is 4.90 Å². The summed E-state index contributed by atoms with van der Waals surface area (Å²) in [5.41, 5.74) is 0.889. The van der Waals surface area contributed by atoms with E-state index in [1.165, 1.54) is 32.2 Å². The third-order valence-electron chi connectivity index (χ3n) is 14.3. The standard InChI is InChI=1S/C57H80N14O17S.Y/c1-6-44(64-48(75)11-16-71(36-72)49(76)33-68-19-23-69(34-50(77)78)21-17-67(31-39(4)73)18-22-70(24-20-68)35-51(79)80)55(83)59-13-12-58-47(74)8-7-25-88-41-26-37(2)53(38(3)27-41)89(86,87)65-45(56(84)85)30-62-54(82)43-32-66(5)46-28-40(9-10-42(46)52(43)81)29-63-57-60-14-15-61-57;/h9-10,14-15,26-28,32,36,44-45,65,73H,4,6-8,11-13,16-25,29-31,33-35H2,1-3,5H3,(H,58,74)(H,59,83)(H,62,82)(H,64,75)(H,77,78)(H,79,80)(H,84,85)(H2,60,61,63);. The van der Waals surface area contributed by atoms with E-state index in [0.717, 1.165) is 10.5 Å². The first-order valence-electron chi connectivity index (χ1n) is 28.7. The van der Waals surface area contributed by atoms with E-state index in [9.17, 15) is 76.8 Å². The first kappa shape index (κ1) is 74.7. The van der Waals surface area contributed by atoms with Gasteiger partial charge < -0.3 is 61.3 Å². The zero-order valence-electron chi connectivity index (χ0n) is 50.8. The van der Waals surface area contributed by atoms with Crippen LogP contribution in [0.5, 0.6) is 5.75 Å². The molecule has 1 aliphatic rings. The second-order valence-corrected chi connectivity index (χ2v) is 22.9. The van der Waals surface area contributed by atoms with Gasteiger partial charge in [-0.2, -0.15) is 4.72 Å². The van der Waals surface area contributed by atoms with Crippen molar-refractivity contribution in [3.05, 3.63) is 93.7 Å². The van der Waals surface area contributed by atoms with Gasteiger partial charge in [-0.1, -0.05) is 19.6 Å². The minimum Gasteiger partial charge on any atom is -0.512 e. The number of rotatable bonds is 33. The number of hydrogen-bond acceptors (Lipinski definition) is 20. The Morgan fingerprint density at radius 3 is 1.93 bits per heavy atom. The van der Waals surface area contributed by atoms with Gasteiger partial charge in [0.2, 0.25) is 45.5 Å². The monoisotopic (exact) mass is 1350 g/mol. The van der Waals surface area contributed by atoms with Crippen molar-refractivity contribution in [3.8, 4) is 5.75 Å². The number of aliphatic carboxylic acids is 3. The number of imidazole rings is 1. The van der Waals surface area contributed by atoms with E-state index in [0.29, 0.717) is 31.1 Å². The number of carbonyl (C=O) groups is 9. The topological polar surface area (TPSA) is 417 Å². The van der Waals surface area contributed by atoms with Crippen LogP contribution in [-0.4, -0.2) is 245 Å². The molecule has 0 spiro atoms. The third-order valence-corrected chi connectivity index (χ3v) is 16.1. The number of fused-ring (bicyclic) bond motifs is 1. The summed E-state index contributed by atoms with van der Waals surface area (Å²) in [6.45, 7) is 8.77. The van der Waals surface area contributed by atoms with E-state index >= 15 is 0 Å². The number of hydrogen-bond donors (Lipinski definition) is 11. The quantitative estimate of drug-likeness (QED) is 0.0151. The maximum atomic E-state index is 13.7. The molecule has 1 aliphatic heterocycles. The summed E-state index contributed by atoms with van der Waals surface area (Å²) in [6, 6.07) is 5.11. The number of ether oxygens (including phenoxy) is 1. The first-order chi connectivity index (χ1) is 42.3. The average molecular weight is 1350 g/mol. The number of nitrogens with one attached hydrogen (secondary N) is 7. The molecule has 5 rings (SSSR count). The molecule has 11 N–H and O–H groups in total. The number of sulfonamides is 1. The number of H-pyrrole nitrogens is 1. The first-order valence-corrected chi connectivity index (χ1v) is 30.2.